The number of aromatic nitrogens is 5. The van der Waals surface area contributed by atoms with Crippen molar-refractivity contribution < 1.29 is 14.4 Å². The van der Waals surface area contributed by atoms with Crippen LogP contribution in [-0.4, -0.2) is 75.0 Å². The molecule has 1 saturated carbocycles. The molecule has 13 nitrogen and oxygen atoms in total. The zero-order valence-corrected chi connectivity index (χ0v) is 28.3. The highest BCUT2D eigenvalue weighted by atomic mass is 35.5. The highest BCUT2D eigenvalue weighted by Gasteiger charge is 2.36. The summed E-state index contributed by atoms with van der Waals surface area (Å²) in [6.07, 6.45) is 4.31. The molecule has 4 aromatic rings. The molecule has 2 aromatic heterocycles. The highest BCUT2D eigenvalue weighted by molar-refractivity contribution is 6.02. The quantitative estimate of drug-likeness (QED) is 0.157. The Bertz CT molecular complexity index is 1720. The number of pyridine rings is 1. The van der Waals surface area contributed by atoms with Gasteiger partial charge in [0.15, 0.2) is 0 Å². The maximum Gasteiger partial charge on any atom is 0.270 e. The average molecular weight is 687 g/mol. The first-order valence-corrected chi connectivity index (χ1v) is 16.6. The molecule has 0 radical (unpaired) electrons. The van der Waals surface area contributed by atoms with E-state index in [1.165, 1.54) is 0 Å². The van der Waals surface area contributed by atoms with Crippen molar-refractivity contribution in [3.8, 4) is 22.5 Å². The van der Waals surface area contributed by atoms with Gasteiger partial charge in [-0.15, -0.1) is 22.6 Å². The van der Waals surface area contributed by atoms with Crippen LogP contribution < -0.4 is 27.0 Å². The van der Waals surface area contributed by atoms with Gasteiger partial charge in [0.2, 0.25) is 17.6 Å². The summed E-state index contributed by atoms with van der Waals surface area (Å²) in [6.45, 7) is 4.15. The number of hydrogen-bond donors (Lipinski definition) is 5. The number of aromatic amines is 1. The highest BCUT2D eigenvalue weighted by Crippen LogP contribution is 2.33. The number of nitrogens with one attached hydrogen (secondary N) is 3. The fourth-order valence-corrected chi connectivity index (χ4v) is 6.75. The molecule has 3 heterocycles. The molecule has 1 saturated heterocycles. The number of nitrogens with two attached hydrogens (primary N) is 2. The van der Waals surface area contributed by atoms with Crippen LogP contribution >= 0.6 is 12.4 Å². The number of carbonyl (C=O) groups excluding carboxylic acids is 3. The number of halogens is 1. The summed E-state index contributed by atoms with van der Waals surface area (Å²) >= 11 is 0. The number of hydrogen-bond acceptors (Lipinski definition) is 9. The van der Waals surface area contributed by atoms with E-state index in [2.05, 4.69) is 36.2 Å². The van der Waals surface area contributed by atoms with E-state index < -0.39 is 11.9 Å². The molecule has 49 heavy (non-hydrogen) atoms. The van der Waals surface area contributed by atoms with Crippen LogP contribution in [0.3, 0.4) is 0 Å². The molecule has 0 unspecified atom stereocenters. The van der Waals surface area contributed by atoms with Crippen molar-refractivity contribution in [1.82, 2.24) is 36.2 Å². The Kier molecular flexibility index (Phi) is 11.7. The summed E-state index contributed by atoms with van der Waals surface area (Å²) in [5, 5.41) is 20.4. The van der Waals surface area contributed by atoms with Crippen molar-refractivity contribution >= 4 is 35.8 Å². The van der Waals surface area contributed by atoms with Gasteiger partial charge >= 0.3 is 0 Å². The normalized spacial score (nSPS) is 19.4. The number of carbonyl (C=O) groups is 3. The predicted octanol–water partition coefficient (Wildman–Crippen LogP) is 2.95. The summed E-state index contributed by atoms with van der Waals surface area (Å²) in [5.41, 5.74) is 17.0. The summed E-state index contributed by atoms with van der Waals surface area (Å²) in [6, 6.07) is 17.8. The SMILES string of the molecule is Cc1nc(C(=O)N[C@H]2CCNC2)ccc1-c1ccc(C[C@@H](C(N)=O)N(c2ccc(-c3nn[nH]n3)cc2)C(=O)[C@H]2CC[C@H](CN)CC2)cc1.Cl. The van der Waals surface area contributed by atoms with Crippen molar-refractivity contribution in [3.05, 3.63) is 77.6 Å². The Balaban J connectivity index is 0.00000468. The molecular formula is C35H43ClN10O3. The Morgan fingerprint density at radius 2 is 1.67 bits per heavy atom. The Morgan fingerprint density at radius 1 is 0.959 bits per heavy atom. The van der Waals surface area contributed by atoms with Crippen molar-refractivity contribution in [3.63, 3.8) is 0 Å². The van der Waals surface area contributed by atoms with Crippen molar-refractivity contribution in [2.45, 2.75) is 57.5 Å². The monoisotopic (exact) mass is 686 g/mol. The first-order valence-electron chi connectivity index (χ1n) is 16.6. The molecule has 1 aliphatic heterocycles. The molecule has 258 valence electrons. The van der Waals surface area contributed by atoms with E-state index in [9.17, 15) is 14.4 Å². The molecular weight excluding hydrogens is 644 g/mol. The average Bonchev–Trinajstić information content (AvgIpc) is 3.84. The van der Waals surface area contributed by atoms with E-state index in [0.29, 0.717) is 42.5 Å². The number of benzene rings is 2. The maximum absolute atomic E-state index is 14.2. The van der Waals surface area contributed by atoms with E-state index in [1.54, 1.807) is 35.2 Å². The largest absolute Gasteiger partial charge is 0.368 e. The van der Waals surface area contributed by atoms with E-state index in [-0.39, 0.29) is 42.6 Å². The molecule has 2 aromatic carbocycles. The molecule has 1 aliphatic carbocycles. The van der Waals surface area contributed by atoms with Crippen LogP contribution in [0.4, 0.5) is 5.69 Å². The molecule has 14 heteroatoms. The van der Waals surface area contributed by atoms with Gasteiger partial charge in [-0.3, -0.25) is 19.3 Å². The van der Waals surface area contributed by atoms with E-state index in [1.807, 2.05) is 37.3 Å². The lowest BCUT2D eigenvalue weighted by Gasteiger charge is -2.35. The Morgan fingerprint density at radius 3 is 2.27 bits per heavy atom. The predicted molar refractivity (Wildman–Crippen MR) is 189 cm³/mol. The van der Waals surface area contributed by atoms with Crippen LogP contribution in [-0.2, 0) is 16.0 Å². The smallest absolute Gasteiger partial charge is 0.270 e. The van der Waals surface area contributed by atoms with Gasteiger partial charge < -0.3 is 22.1 Å². The molecule has 2 fully saturated rings. The van der Waals surface area contributed by atoms with Gasteiger partial charge in [0, 0.05) is 47.4 Å². The minimum Gasteiger partial charge on any atom is -0.368 e. The minimum atomic E-state index is -0.914. The molecule has 3 amide bonds. The van der Waals surface area contributed by atoms with Crippen LogP contribution in [0.25, 0.3) is 22.5 Å². The number of aryl methyl sites for hydroxylation is 1. The fraction of sp³-hybridized carbons (Fsp3) is 0.400. The maximum atomic E-state index is 14.2. The van der Waals surface area contributed by atoms with Gasteiger partial charge in [-0.05, 0) is 105 Å². The topological polar surface area (TPSA) is 198 Å². The van der Waals surface area contributed by atoms with E-state index >= 15 is 0 Å². The molecule has 2 aliphatic rings. The molecule has 7 N–H and O–H groups in total. The Hall–Kier alpha value is -4.72. The third-order valence-corrected chi connectivity index (χ3v) is 9.56. The number of tetrazole rings is 1. The van der Waals surface area contributed by atoms with Gasteiger partial charge in [-0.2, -0.15) is 5.21 Å². The first-order chi connectivity index (χ1) is 23.3. The fourth-order valence-electron chi connectivity index (χ4n) is 6.75. The molecule has 2 atom stereocenters. The lowest BCUT2D eigenvalue weighted by molar-refractivity contribution is -0.127. The second-order valence-corrected chi connectivity index (χ2v) is 12.8. The summed E-state index contributed by atoms with van der Waals surface area (Å²) in [4.78, 5) is 46.2. The summed E-state index contributed by atoms with van der Waals surface area (Å²) in [5.74, 6) is -0.285. The van der Waals surface area contributed by atoms with Crippen LogP contribution in [0.5, 0.6) is 0 Å². The summed E-state index contributed by atoms with van der Waals surface area (Å²) in [7, 11) is 0. The standard InChI is InChI=1S/C35H42N10O3.ClH/c1-21-29(14-15-30(39-21)34(47)40-27-16-17-38-20-27)24-6-2-22(3-7-24)18-31(32(37)46)45(35(48)26-8-4-23(19-36)5-9-26)28-12-10-25(11-13-28)33-41-43-44-42-33;/h2-3,6-7,10-15,23,26-27,31,38H,4-5,8-9,16-20,36H2,1H3,(H2,37,46)(H,40,47)(H,41,42,43,44);1H/t23-,26-,27-,31-;/m0./s1. The van der Waals surface area contributed by atoms with Gasteiger partial charge in [0.25, 0.3) is 5.91 Å². The van der Waals surface area contributed by atoms with E-state index in [0.717, 1.165) is 60.3 Å². The lowest BCUT2D eigenvalue weighted by atomic mass is 9.81. The molecule has 6 rings (SSSR count). The third kappa shape index (κ3) is 8.30. The minimum absolute atomic E-state index is 0. The number of anilines is 1. The van der Waals surface area contributed by atoms with Gasteiger partial charge in [0.1, 0.15) is 11.7 Å². The van der Waals surface area contributed by atoms with Crippen molar-refractivity contribution in [1.29, 1.82) is 0 Å². The van der Waals surface area contributed by atoms with Crippen LogP contribution in [0.15, 0.2) is 60.7 Å². The van der Waals surface area contributed by atoms with Gasteiger partial charge in [0.05, 0.1) is 0 Å². The number of nitrogens with zero attached hydrogens (tertiary/aromatic N) is 5. The zero-order chi connectivity index (χ0) is 33.6. The second kappa shape index (κ2) is 16.1. The Labute approximate surface area is 291 Å². The van der Waals surface area contributed by atoms with Crippen LogP contribution in [0.1, 0.15) is 53.8 Å². The van der Waals surface area contributed by atoms with Crippen molar-refractivity contribution in [2.75, 3.05) is 24.5 Å². The summed E-state index contributed by atoms with van der Waals surface area (Å²) < 4.78 is 0. The van der Waals surface area contributed by atoms with E-state index in [4.69, 9.17) is 11.5 Å². The zero-order valence-electron chi connectivity index (χ0n) is 27.5. The molecule has 0 bridgehead atoms. The third-order valence-electron chi connectivity index (χ3n) is 9.56. The lowest BCUT2D eigenvalue weighted by Crippen LogP contribution is -2.52. The first kappa shape index (κ1) is 35.6. The number of primary amides is 1. The van der Waals surface area contributed by atoms with Crippen LogP contribution in [0, 0.1) is 18.8 Å². The van der Waals surface area contributed by atoms with Gasteiger partial charge in [-0.1, -0.05) is 30.3 Å². The number of H-pyrrole nitrogens is 1. The number of amides is 3. The van der Waals surface area contributed by atoms with Crippen molar-refractivity contribution in [2.24, 2.45) is 23.3 Å². The van der Waals surface area contributed by atoms with Crippen LogP contribution in [0.2, 0.25) is 0 Å². The second-order valence-electron chi connectivity index (χ2n) is 12.8. The van der Waals surface area contributed by atoms with Gasteiger partial charge in [-0.25, -0.2) is 4.98 Å². The number of rotatable bonds is 11. The molecule has 0 spiro atoms.